The highest BCUT2D eigenvalue weighted by Crippen LogP contribution is 2.32. The van der Waals surface area contributed by atoms with Crippen molar-refractivity contribution in [2.45, 2.75) is 12.4 Å². The number of hydrogen-bond acceptors (Lipinski definition) is 2. The number of rotatable bonds is 4. The van der Waals surface area contributed by atoms with Crippen LogP contribution in [0.2, 0.25) is 0 Å². The van der Waals surface area contributed by atoms with Crippen molar-refractivity contribution in [3.05, 3.63) is 89.3 Å². The van der Waals surface area contributed by atoms with E-state index < -0.39 is 35.0 Å². The van der Waals surface area contributed by atoms with Crippen LogP contribution < -0.4 is 5.32 Å². The van der Waals surface area contributed by atoms with Gasteiger partial charge in [-0.25, -0.2) is 0 Å². The molecule has 0 aliphatic heterocycles. The summed E-state index contributed by atoms with van der Waals surface area (Å²) in [6.45, 7) is 0. The first-order chi connectivity index (χ1) is 15.0. The highest BCUT2D eigenvalue weighted by atomic mass is 19.4. The number of alkyl halides is 6. The molecule has 32 heavy (non-hydrogen) atoms. The third kappa shape index (κ3) is 5.18. The second-order valence-electron chi connectivity index (χ2n) is 6.55. The molecule has 3 rings (SSSR count). The first kappa shape index (κ1) is 22.7. The number of nitrogens with one attached hydrogen (secondary N) is 1. The van der Waals surface area contributed by atoms with Gasteiger partial charge in [0.1, 0.15) is 11.6 Å². The smallest absolute Gasteiger partial charge is 0.321 e. The molecule has 0 aliphatic carbocycles. The van der Waals surface area contributed by atoms with Gasteiger partial charge in [-0.3, -0.25) is 4.79 Å². The maximum atomic E-state index is 13.0. The van der Waals surface area contributed by atoms with Crippen LogP contribution in [-0.4, -0.2) is 10.5 Å². The zero-order chi connectivity index (χ0) is 23.5. The van der Waals surface area contributed by atoms with E-state index in [0.29, 0.717) is 0 Å². The topological polar surface area (TPSA) is 57.8 Å². The lowest BCUT2D eigenvalue weighted by Gasteiger charge is -2.12. The number of anilines is 1. The highest BCUT2D eigenvalue weighted by Gasteiger charge is 2.31. The molecular weight excluding hydrogens is 436 g/mol. The number of nitrogens with zero attached hydrogens (tertiary/aromatic N) is 2. The molecule has 164 valence electrons. The van der Waals surface area contributed by atoms with E-state index in [1.165, 1.54) is 41.1 Å². The molecule has 0 saturated carbocycles. The summed E-state index contributed by atoms with van der Waals surface area (Å²) in [5.41, 5.74) is -2.10. The van der Waals surface area contributed by atoms with Crippen LogP contribution in [0, 0.1) is 11.3 Å². The SMILES string of the molecule is N#C/C(=C/c1cccn1-c1cccc(C(F)(F)F)c1)C(=O)Nc1cccc(C(F)(F)F)c1. The summed E-state index contributed by atoms with van der Waals surface area (Å²) in [6, 6.07) is 13.0. The van der Waals surface area contributed by atoms with E-state index in [0.717, 1.165) is 36.4 Å². The van der Waals surface area contributed by atoms with Crippen molar-refractivity contribution in [3.8, 4) is 11.8 Å². The largest absolute Gasteiger partial charge is 0.416 e. The lowest BCUT2D eigenvalue weighted by atomic mass is 10.1. The van der Waals surface area contributed by atoms with E-state index in [1.807, 2.05) is 0 Å². The number of benzene rings is 2. The van der Waals surface area contributed by atoms with E-state index >= 15 is 0 Å². The van der Waals surface area contributed by atoms with E-state index in [1.54, 1.807) is 6.07 Å². The molecule has 0 saturated heterocycles. The second-order valence-corrected chi connectivity index (χ2v) is 6.55. The Kier molecular flexibility index (Phi) is 6.11. The minimum Gasteiger partial charge on any atom is -0.321 e. The molecule has 1 amide bonds. The third-order valence-corrected chi connectivity index (χ3v) is 4.34. The maximum Gasteiger partial charge on any atom is 0.416 e. The third-order valence-electron chi connectivity index (χ3n) is 4.34. The highest BCUT2D eigenvalue weighted by molar-refractivity contribution is 6.09. The van der Waals surface area contributed by atoms with Gasteiger partial charge in [0, 0.05) is 23.3 Å². The minimum absolute atomic E-state index is 0.145. The maximum absolute atomic E-state index is 13.0. The lowest BCUT2D eigenvalue weighted by Crippen LogP contribution is -2.14. The van der Waals surface area contributed by atoms with Crippen LogP contribution in [0.15, 0.2) is 72.4 Å². The Hall–Kier alpha value is -4.00. The van der Waals surface area contributed by atoms with Gasteiger partial charge in [-0.05, 0) is 54.6 Å². The van der Waals surface area contributed by atoms with Gasteiger partial charge in [-0.15, -0.1) is 0 Å². The summed E-state index contributed by atoms with van der Waals surface area (Å²) in [4.78, 5) is 12.4. The van der Waals surface area contributed by atoms with Gasteiger partial charge < -0.3 is 9.88 Å². The van der Waals surface area contributed by atoms with E-state index in [2.05, 4.69) is 5.32 Å². The molecule has 0 fully saturated rings. The summed E-state index contributed by atoms with van der Waals surface area (Å²) >= 11 is 0. The normalized spacial score (nSPS) is 12.3. The number of carbonyl (C=O) groups excluding carboxylic acids is 1. The summed E-state index contributed by atoms with van der Waals surface area (Å²) in [6.07, 6.45) is -6.59. The van der Waals surface area contributed by atoms with Gasteiger partial charge in [0.25, 0.3) is 5.91 Å². The van der Waals surface area contributed by atoms with E-state index in [4.69, 9.17) is 0 Å². The fraction of sp³-hybridized carbons (Fsp3) is 0.0909. The molecule has 0 aliphatic rings. The van der Waals surface area contributed by atoms with Crippen molar-refractivity contribution in [1.29, 1.82) is 5.26 Å². The predicted molar refractivity (Wildman–Crippen MR) is 104 cm³/mol. The standard InChI is InChI=1S/C22H13F6N3O/c23-21(24,25)15-4-1-6-17(11-15)30-20(32)14(13-29)10-18-8-3-9-31(18)19-7-2-5-16(12-19)22(26,27)28/h1-12H,(H,30,32)/b14-10-. The van der Waals surface area contributed by atoms with Gasteiger partial charge >= 0.3 is 12.4 Å². The summed E-state index contributed by atoms with van der Waals surface area (Å²) in [5, 5.41) is 11.6. The molecule has 3 aromatic rings. The molecule has 0 radical (unpaired) electrons. The van der Waals surface area contributed by atoms with Gasteiger partial charge in [0.2, 0.25) is 0 Å². The second kappa shape index (κ2) is 8.63. The Morgan fingerprint density at radius 3 is 2.16 bits per heavy atom. The fourth-order valence-corrected chi connectivity index (χ4v) is 2.85. The predicted octanol–water partition coefficient (Wildman–Crippen LogP) is 6.06. The van der Waals surface area contributed by atoms with Crippen LogP contribution in [0.5, 0.6) is 0 Å². The van der Waals surface area contributed by atoms with Crippen LogP contribution in [0.25, 0.3) is 11.8 Å². The number of halogens is 6. The van der Waals surface area contributed by atoms with Crippen molar-refractivity contribution in [3.63, 3.8) is 0 Å². The molecular formula is C22H13F6N3O. The average molecular weight is 449 g/mol. The van der Waals surface area contributed by atoms with Crippen molar-refractivity contribution >= 4 is 17.7 Å². The molecule has 4 nitrogen and oxygen atoms in total. The zero-order valence-electron chi connectivity index (χ0n) is 16.0. The quantitative estimate of drug-likeness (QED) is 0.299. The lowest BCUT2D eigenvalue weighted by molar-refractivity contribution is -0.138. The monoisotopic (exact) mass is 449 g/mol. The van der Waals surface area contributed by atoms with Crippen LogP contribution in [0.1, 0.15) is 16.8 Å². The fourth-order valence-electron chi connectivity index (χ4n) is 2.85. The van der Waals surface area contributed by atoms with Crippen molar-refractivity contribution in [2.75, 3.05) is 5.32 Å². The zero-order valence-corrected chi connectivity index (χ0v) is 16.0. The van der Waals surface area contributed by atoms with Crippen molar-refractivity contribution < 1.29 is 31.1 Å². The number of aromatic nitrogens is 1. The van der Waals surface area contributed by atoms with Crippen LogP contribution in [0.4, 0.5) is 32.0 Å². The number of amides is 1. The first-order valence-electron chi connectivity index (χ1n) is 8.94. The number of carbonyl (C=O) groups is 1. The summed E-state index contributed by atoms with van der Waals surface area (Å²) in [7, 11) is 0. The molecule has 10 heteroatoms. The van der Waals surface area contributed by atoms with Crippen LogP contribution >= 0.6 is 0 Å². The molecule has 1 heterocycles. The first-order valence-corrected chi connectivity index (χ1v) is 8.94. The molecule has 1 aromatic heterocycles. The Labute approximate surface area is 178 Å². The molecule has 0 atom stereocenters. The summed E-state index contributed by atoms with van der Waals surface area (Å²) in [5.74, 6) is -0.969. The van der Waals surface area contributed by atoms with Crippen LogP contribution in [-0.2, 0) is 17.1 Å². The molecule has 0 bridgehead atoms. The van der Waals surface area contributed by atoms with E-state index in [9.17, 15) is 36.4 Å². The minimum atomic E-state index is -4.61. The molecule has 0 spiro atoms. The molecule has 2 aromatic carbocycles. The van der Waals surface area contributed by atoms with Crippen molar-refractivity contribution in [1.82, 2.24) is 4.57 Å². The number of nitriles is 1. The van der Waals surface area contributed by atoms with Gasteiger partial charge in [0.15, 0.2) is 0 Å². The Bertz CT molecular complexity index is 1220. The average Bonchev–Trinajstić information content (AvgIpc) is 3.19. The van der Waals surface area contributed by atoms with Crippen LogP contribution in [0.3, 0.4) is 0 Å². The van der Waals surface area contributed by atoms with Gasteiger partial charge in [-0.1, -0.05) is 12.1 Å². The van der Waals surface area contributed by atoms with Gasteiger partial charge in [0.05, 0.1) is 11.1 Å². The Morgan fingerprint density at radius 1 is 0.906 bits per heavy atom. The Morgan fingerprint density at radius 2 is 1.53 bits per heavy atom. The summed E-state index contributed by atoms with van der Waals surface area (Å²) < 4.78 is 78.9. The number of hydrogen-bond donors (Lipinski definition) is 1. The molecule has 1 N–H and O–H groups in total. The van der Waals surface area contributed by atoms with E-state index in [-0.39, 0.29) is 17.1 Å². The Balaban J connectivity index is 1.90. The van der Waals surface area contributed by atoms with Gasteiger partial charge in [-0.2, -0.15) is 31.6 Å². The van der Waals surface area contributed by atoms with Crippen molar-refractivity contribution in [2.24, 2.45) is 0 Å². The molecule has 0 unspecified atom stereocenters.